The Labute approximate surface area is 133 Å². The van der Waals surface area contributed by atoms with Crippen LogP contribution >= 0.6 is 0 Å². The number of aryl methyl sites for hydroxylation is 1. The van der Waals surface area contributed by atoms with E-state index in [1.807, 2.05) is 24.0 Å². The number of pyridine rings is 1. The summed E-state index contributed by atoms with van der Waals surface area (Å²) in [6.45, 7) is 3.46. The van der Waals surface area contributed by atoms with Crippen LogP contribution in [0.4, 0.5) is 5.69 Å². The van der Waals surface area contributed by atoms with Crippen molar-refractivity contribution in [3.63, 3.8) is 0 Å². The van der Waals surface area contributed by atoms with Crippen LogP contribution in [0.2, 0.25) is 0 Å². The molecule has 6 heteroatoms. The Hall–Kier alpha value is -3.02. The maximum Gasteiger partial charge on any atom is 0.259 e. The standard InChI is InChI=1S/C17H15N5O/c1-11-4-5-14-13(9-11)15-19-7-8-22(15)17(20-14)21-16(23)12-3-2-6-18-10-12/h2-6,9-10H,7-8H2,1H3,(H,20,21,23). The van der Waals surface area contributed by atoms with Crippen LogP contribution in [0.3, 0.4) is 0 Å². The molecule has 1 amide bonds. The molecule has 0 saturated carbocycles. The number of aromatic nitrogens is 1. The Morgan fingerprint density at radius 3 is 3.04 bits per heavy atom. The lowest BCUT2D eigenvalue weighted by atomic mass is 10.1. The Morgan fingerprint density at radius 2 is 2.22 bits per heavy atom. The van der Waals surface area contributed by atoms with Crippen molar-refractivity contribution in [2.24, 2.45) is 9.98 Å². The van der Waals surface area contributed by atoms with Crippen molar-refractivity contribution >= 4 is 23.4 Å². The Balaban J connectivity index is 1.70. The highest BCUT2D eigenvalue weighted by Gasteiger charge is 2.30. The summed E-state index contributed by atoms with van der Waals surface area (Å²) >= 11 is 0. The van der Waals surface area contributed by atoms with Crippen LogP contribution in [-0.4, -0.2) is 40.7 Å². The normalized spacial score (nSPS) is 15.4. The molecule has 4 rings (SSSR count). The van der Waals surface area contributed by atoms with E-state index in [9.17, 15) is 4.79 Å². The van der Waals surface area contributed by atoms with Crippen LogP contribution in [0, 0.1) is 6.92 Å². The molecule has 1 aromatic heterocycles. The number of fused-ring (bicyclic) bond motifs is 3. The number of carbonyl (C=O) groups excluding carboxylic acids is 1. The monoisotopic (exact) mass is 305 g/mol. The number of amides is 1. The van der Waals surface area contributed by atoms with Crippen molar-refractivity contribution in [2.75, 3.05) is 13.1 Å². The number of guanidine groups is 1. The van der Waals surface area contributed by atoms with Crippen LogP contribution in [0.25, 0.3) is 0 Å². The lowest BCUT2D eigenvalue weighted by molar-refractivity contribution is 0.0973. The van der Waals surface area contributed by atoms with Crippen molar-refractivity contribution < 1.29 is 4.79 Å². The fourth-order valence-electron chi connectivity index (χ4n) is 2.75. The van der Waals surface area contributed by atoms with Gasteiger partial charge in [-0.15, -0.1) is 0 Å². The van der Waals surface area contributed by atoms with E-state index in [2.05, 4.69) is 26.4 Å². The van der Waals surface area contributed by atoms with Crippen molar-refractivity contribution in [2.45, 2.75) is 6.92 Å². The summed E-state index contributed by atoms with van der Waals surface area (Å²) in [5.74, 6) is 1.17. The fraction of sp³-hybridized carbons (Fsp3) is 0.176. The van der Waals surface area contributed by atoms with Gasteiger partial charge in [0.15, 0.2) is 0 Å². The first-order valence-corrected chi connectivity index (χ1v) is 7.45. The first-order valence-electron chi connectivity index (χ1n) is 7.45. The van der Waals surface area contributed by atoms with Gasteiger partial charge in [-0.3, -0.25) is 25.0 Å². The first kappa shape index (κ1) is 13.6. The van der Waals surface area contributed by atoms with Crippen LogP contribution in [0.1, 0.15) is 21.5 Å². The van der Waals surface area contributed by atoms with E-state index in [0.29, 0.717) is 18.1 Å². The zero-order valence-electron chi connectivity index (χ0n) is 12.7. The van der Waals surface area contributed by atoms with E-state index in [1.54, 1.807) is 18.3 Å². The van der Waals surface area contributed by atoms with Crippen LogP contribution < -0.4 is 5.32 Å². The van der Waals surface area contributed by atoms with Crippen LogP contribution in [-0.2, 0) is 0 Å². The lowest BCUT2D eigenvalue weighted by Crippen LogP contribution is -2.47. The smallest absolute Gasteiger partial charge is 0.259 e. The molecule has 23 heavy (non-hydrogen) atoms. The molecule has 3 heterocycles. The van der Waals surface area contributed by atoms with E-state index in [4.69, 9.17) is 0 Å². The molecule has 0 radical (unpaired) electrons. The van der Waals surface area contributed by atoms with Gasteiger partial charge in [-0.05, 0) is 31.2 Å². The number of aliphatic imine (C=N–C) groups is 2. The van der Waals surface area contributed by atoms with Crippen LogP contribution in [0.15, 0.2) is 52.7 Å². The van der Waals surface area contributed by atoms with Gasteiger partial charge in [0.05, 0.1) is 17.8 Å². The third-order valence-electron chi connectivity index (χ3n) is 3.86. The topological polar surface area (TPSA) is 70.0 Å². The number of hydrogen-bond donors (Lipinski definition) is 1. The predicted molar refractivity (Wildman–Crippen MR) is 88.1 cm³/mol. The number of hydrogen-bond acceptors (Lipinski definition) is 5. The SMILES string of the molecule is Cc1ccc2c(c1)C1=NCCN1C(NC(=O)c1cccnc1)=N2. The molecule has 0 saturated heterocycles. The largest absolute Gasteiger partial charge is 0.294 e. The molecule has 0 spiro atoms. The van der Waals surface area contributed by atoms with Crippen molar-refractivity contribution in [3.05, 3.63) is 59.4 Å². The first-order chi connectivity index (χ1) is 11.2. The van der Waals surface area contributed by atoms with Crippen molar-refractivity contribution in [3.8, 4) is 0 Å². The molecule has 2 aromatic rings. The summed E-state index contributed by atoms with van der Waals surface area (Å²) in [5.41, 5.74) is 3.51. The molecule has 0 aliphatic carbocycles. The second kappa shape index (κ2) is 5.31. The lowest BCUT2D eigenvalue weighted by Gasteiger charge is -2.27. The summed E-state index contributed by atoms with van der Waals surface area (Å²) in [4.78, 5) is 27.5. The highest BCUT2D eigenvalue weighted by molar-refractivity contribution is 6.19. The Morgan fingerprint density at radius 1 is 1.30 bits per heavy atom. The highest BCUT2D eigenvalue weighted by atomic mass is 16.1. The third-order valence-corrected chi connectivity index (χ3v) is 3.86. The van der Waals surface area contributed by atoms with Gasteiger partial charge in [-0.25, -0.2) is 4.99 Å². The molecular formula is C17H15N5O. The molecule has 0 unspecified atom stereocenters. The average molecular weight is 305 g/mol. The minimum absolute atomic E-state index is 0.223. The Kier molecular flexibility index (Phi) is 3.15. The molecule has 1 N–H and O–H groups in total. The van der Waals surface area contributed by atoms with Crippen molar-refractivity contribution in [1.29, 1.82) is 0 Å². The summed E-state index contributed by atoms with van der Waals surface area (Å²) in [6.07, 6.45) is 3.17. The number of benzene rings is 1. The molecule has 2 aliphatic rings. The van der Waals surface area contributed by atoms with Gasteiger partial charge in [0.1, 0.15) is 5.84 Å². The van der Waals surface area contributed by atoms with E-state index in [-0.39, 0.29) is 5.91 Å². The summed E-state index contributed by atoms with van der Waals surface area (Å²) in [5, 5.41) is 2.88. The van der Waals surface area contributed by atoms with E-state index in [1.165, 1.54) is 6.20 Å². The second-order valence-electron chi connectivity index (χ2n) is 5.51. The van der Waals surface area contributed by atoms with Gasteiger partial charge in [0, 0.05) is 24.5 Å². The third kappa shape index (κ3) is 2.38. The number of rotatable bonds is 1. The highest BCUT2D eigenvalue weighted by Crippen LogP contribution is 2.28. The number of amidine groups is 1. The van der Waals surface area contributed by atoms with Gasteiger partial charge in [-0.2, -0.15) is 0 Å². The van der Waals surface area contributed by atoms with E-state index >= 15 is 0 Å². The maximum absolute atomic E-state index is 12.4. The number of carbonyl (C=O) groups is 1. The van der Waals surface area contributed by atoms with Crippen LogP contribution in [0.5, 0.6) is 0 Å². The quantitative estimate of drug-likeness (QED) is 0.874. The molecule has 1 aromatic carbocycles. The van der Waals surface area contributed by atoms with Gasteiger partial charge >= 0.3 is 0 Å². The van der Waals surface area contributed by atoms with E-state index in [0.717, 1.165) is 29.2 Å². The van der Waals surface area contributed by atoms with Gasteiger partial charge < -0.3 is 0 Å². The predicted octanol–water partition coefficient (Wildman–Crippen LogP) is 1.88. The van der Waals surface area contributed by atoms with Crippen molar-refractivity contribution in [1.82, 2.24) is 15.2 Å². The molecule has 114 valence electrons. The average Bonchev–Trinajstić information content (AvgIpc) is 3.06. The van der Waals surface area contributed by atoms with E-state index < -0.39 is 0 Å². The number of nitrogens with zero attached hydrogens (tertiary/aromatic N) is 4. The molecule has 0 fully saturated rings. The molecule has 2 aliphatic heterocycles. The summed E-state index contributed by atoms with van der Waals surface area (Å²) in [7, 11) is 0. The maximum atomic E-state index is 12.4. The molecule has 0 bridgehead atoms. The summed E-state index contributed by atoms with van der Waals surface area (Å²) < 4.78 is 0. The molecule has 0 atom stereocenters. The Bertz CT molecular complexity index is 841. The van der Waals surface area contributed by atoms with Gasteiger partial charge in [0.25, 0.3) is 5.91 Å². The molecular weight excluding hydrogens is 290 g/mol. The zero-order valence-corrected chi connectivity index (χ0v) is 12.7. The minimum Gasteiger partial charge on any atom is -0.294 e. The molecule has 6 nitrogen and oxygen atoms in total. The zero-order chi connectivity index (χ0) is 15.8. The summed E-state index contributed by atoms with van der Waals surface area (Å²) in [6, 6.07) is 9.50. The second-order valence-corrected chi connectivity index (χ2v) is 5.51. The minimum atomic E-state index is -0.223. The van der Waals surface area contributed by atoms with Gasteiger partial charge in [0.2, 0.25) is 5.96 Å². The van der Waals surface area contributed by atoms with Gasteiger partial charge in [-0.1, -0.05) is 11.6 Å². The number of nitrogens with one attached hydrogen (secondary N) is 1. The fourth-order valence-corrected chi connectivity index (χ4v) is 2.75.